The first-order valence-corrected chi connectivity index (χ1v) is 4.32. The van der Waals surface area contributed by atoms with Crippen LogP contribution in [-0.4, -0.2) is 36.5 Å². The molecule has 1 aliphatic heterocycles. The van der Waals surface area contributed by atoms with Gasteiger partial charge in [0.1, 0.15) is 0 Å². The zero-order chi connectivity index (χ0) is 10.0. The highest BCUT2D eigenvalue weighted by atomic mass is 16.2. The van der Waals surface area contributed by atoms with Gasteiger partial charge in [0, 0.05) is 19.6 Å². The van der Waals surface area contributed by atoms with Crippen LogP contribution in [0.3, 0.4) is 0 Å². The highest BCUT2D eigenvalue weighted by molar-refractivity contribution is 5.97. The normalized spacial score (nSPS) is 25.8. The van der Waals surface area contributed by atoms with Crippen LogP contribution in [0.15, 0.2) is 0 Å². The lowest BCUT2D eigenvalue weighted by molar-refractivity contribution is -0.126. The van der Waals surface area contributed by atoms with Crippen LogP contribution in [0.5, 0.6) is 0 Å². The second-order valence-corrected chi connectivity index (χ2v) is 3.58. The molecule has 2 unspecified atom stereocenters. The van der Waals surface area contributed by atoms with Gasteiger partial charge in [0.05, 0.1) is 5.92 Å². The fourth-order valence-electron chi connectivity index (χ4n) is 1.43. The second kappa shape index (κ2) is 3.74. The van der Waals surface area contributed by atoms with E-state index in [1.54, 1.807) is 7.05 Å². The fourth-order valence-corrected chi connectivity index (χ4v) is 1.43. The van der Waals surface area contributed by atoms with Gasteiger partial charge in [-0.1, -0.05) is 0 Å². The highest BCUT2D eigenvalue weighted by Gasteiger charge is 2.30. The largest absolute Gasteiger partial charge is 0.328 e. The molecule has 0 spiro atoms. The molecule has 1 saturated heterocycles. The third kappa shape index (κ3) is 2.42. The summed E-state index contributed by atoms with van der Waals surface area (Å²) in [6.45, 7) is 2.32. The Morgan fingerprint density at radius 3 is 2.85 bits per heavy atom. The number of nitrogens with zero attached hydrogens (tertiary/aromatic N) is 1. The van der Waals surface area contributed by atoms with Gasteiger partial charge in [-0.05, 0) is 13.3 Å². The van der Waals surface area contributed by atoms with Crippen LogP contribution in [-0.2, 0) is 4.79 Å². The lowest BCUT2D eigenvalue weighted by Crippen LogP contribution is -2.53. The smallest absolute Gasteiger partial charge is 0.323 e. The minimum atomic E-state index is -0.328. The van der Waals surface area contributed by atoms with Crippen molar-refractivity contribution in [3.63, 3.8) is 0 Å². The van der Waals surface area contributed by atoms with E-state index in [0.717, 1.165) is 0 Å². The van der Waals surface area contributed by atoms with E-state index >= 15 is 0 Å². The van der Waals surface area contributed by atoms with Crippen molar-refractivity contribution >= 4 is 11.9 Å². The van der Waals surface area contributed by atoms with E-state index in [1.165, 1.54) is 4.90 Å². The third-order valence-corrected chi connectivity index (χ3v) is 2.10. The first kappa shape index (κ1) is 9.98. The molecule has 0 aromatic carbocycles. The Morgan fingerprint density at radius 1 is 1.69 bits per heavy atom. The molecule has 0 aromatic heterocycles. The predicted molar refractivity (Wildman–Crippen MR) is 47.9 cm³/mol. The summed E-state index contributed by atoms with van der Waals surface area (Å²) in [5.74, 6) is -0.372. The van der Waals surface area contributed by atoms with Gasteiger partial charge in [0.15, 0.2) is 0 Å². The molecule has 1 heterocycles. The summed E-state index contributed by atoms with van der Waals surface area (Å²) in [4.78, 5) is 23.8. The maximum Gasteiger partial charge on any atom is 0.323 e. The van der Waals surface area contributed by atoms with Crippen molar-refractivity contribution in [1.82, 2.24) is 10.2 Å². The molecular weight excluding hydrogens is 170 g/mol. The van der Waals surface area contributed by atoms with E-state index in [-0.39, 0.29) is 23.9 Å². The Hall–Kier alpha value is -1.10. The number of carbonyl (C=O) groups is 2. The monoisotopic (exact) mass is 185 g/mol. The first-order chi connectivity index (χ1) is 6.00. The van der Waals surface area contributed by atoms with Gasteiger partial charge in [0.2, 0.25) is 5.91 Å². The number of hydrogen-bond acceptors (Lipinski definition) is 3. The van der Waals surface area contributed by atoms with Crippen LogP contribution in [0.25, 0.3) is 0 Å². The van der Waals surface area contributed by atoms with Crippen LogP contribution >= 0.6 is 0 Å². The lowest BCUT2D eigenvalue weighted by atomic mass is 9.98. The van der Waals surface area contributed by atoms with Gasteiger partial charge in [0.25, 0.3) is 0 Å². The number of rotatable bonds is 2. The van der Waals surface area contributed by atoms with Crippen LogP contribution in [0.2, 0.25) is 0 Å². The Morgan fingerprint density at radius 2 is 2.31 bits per heavy atom. The van der Waals surface area contributed by atoms with Crippen molar-refractivity contribution in [3.8, 4) is 0 Å². The quantitative estimate of drug-likeness (QED) is 0.610. The highest BCUT2D eigenvalue weighted by Crippen LogP contribution is 2.11. The molecule has 3 amide bonds. The maximum atomic E-state index is 11.3. The summed E-state index contributed by atoms with van der Waals surface area (Å²) < 4.78 is 0. The van der Waals surface area contributed by atoms with Crippen LogP contribution < -0.4 is 11.1 Å². The number of nitrogens with two attached hydrogens (primary N) is 1. The Bertz CT molecular complexity index is 227. The van der Waals surface area contributed by atoms with E-state index < -0.39 is 0 Å². The maximum absolute atomic E-state index is 11.3. The first-order valence-electron chi connectivity index (χ1n) is 4.32. The minimum Gasteiger partial charge on any atom is -0.328 e. The Kier molecular flexibility index (Phi) is 2.87. The topological polar surface area (TPSA) is 75.4 Å². The number of carbonyl (C=O) groups excluding carboxylic acids is 2. The average Bonchev–Trinajstić information content (AvgIpc) is 1.99. The Balaban J connectivity index is 2.56. The number of nitrogens with one attached hydrogen (secondary N) is 1. The zero-order valence-electron chi connectivity index (χ0n) is 7.91. The summed E-state index contributed by atoms with van der Waals surface area (Å²) in [5, 5.41) is 2.28. The van der Waals surface area contributed by atoms with Crippen molar-refractivity contribution in [2.24, 2.45) is 11.7 Å². The standard InChI is InChI=1S/C8H15N3O2/c1-5(9)3-6-4-11(2)8(13)10-7(6)12/h5-6H,3-4,9H2,1-2H3,(H,10,12,13). The number of hydrogen-bond donors (Lipinski definition) is 2. The summed E-state index contributed by atoms with van der Waals surface area (Å²) in [6.07, 6.45) is 0.615. The molecule has 1 fully saturated rings. The molecule has 5 nitrogen and oxygen atoms in total. The third-order valence-electron chi connectivity index (χ3n) is 2.10. The van der Waals surface area contributed by atoms with Crippen molar-refractivity contribution in [1.29, 1.82) is 0 Å². The van der Waals surface area contributed by atoms with E-state index in [9.17, 15) is 9.59 Å². The minimum absolute atomic E-state index is 0.0163. The van der Waals surface area contributed by atoms with Gasteiger partial charge in [-0.25, -0.2) is 4.79 Å². The van der Waals surface area contributed by atoms with Crippen molar-refractivity contribution < 1.29 is 9.59 Å². The molecular formula is C8H15N3O2. The second-order valence-electron chi connectivity index (χ2n) is 3.58. The summed E-state index contributed by atoms with van der Waals surface area (Å²) in [7, 11) is 1.66. The van der Waals surface area contributed by atoms with Crippen LogP contribution in [0.1, 0.15) is 13.3 Å². The molecule has 2 atom stereocenters. The number of amides is 3. The molecule has 0 radical (unpaired) electrons. The summed E-state index contributed by atoms with van der Waals surface area (Å²) >= 11 is 0. The van der Waals surface area contributed by atoms with E-state index in [1.807, 2.05) is 6.92 Å². The zero-order valence-corrected chi connectivity index (χ0v) is 7.91. The van der Waals surface area contributed by atoms with Crippen molar-refractivity contribution in [2.45, 2.75) is 19.4 Å². The molecule has 0 aliphatic carbocycles. The van der Waals surface area contributed by atoms with E-state index in [2.05, 4.69) is 5.32 Å². The van der Waals surface area contributed by atoms with Gasteiger partial charge < -0.3 is 10.6 Å². The van der Waals surface area contributed by atoms with Crippen LogP contribution in [0, 0.1) is 5.92 Å². The molecule has 74 valence electrons. The number of urea groups is 1. The lowest BCUT2D eigenvalue weighted by Gasteiger charge is -2.29. The predicted octanol–water partition coefficient (Wildman–Crippen LogP) is -0.478. The molecule has 3 N–H and O–H groups in total. The molecule has 1 aliphatic rings. The van der Waals surface area contributed by atoms with Gasteiger partial charge in [-0.3, -0.25) is 10.1 Å². The summed E-state index contributed by atoms with van der Waals surface area (Å²) in [6, 6.07) is -0.344. The van der Waals surface area contributed by atoms with E-state index in [4.69, 9.17) is 5.73 Å². The van der Waals surface area contributed by atoms with Crippen molar-refractivity contribution in [2.75, 3.05) is 13.6 Å². The summed E-state index contributed by atoms with van der Waals surface area (Å²) in [5.41, 5.74) is 5.58. The Labute approximate surface area is 77.3 Å². The molecule has 0 bridgehead atoms. The van der Waals surface area contributed by atoms with Gasteiger partial charge in [-0.15, -0.1) is 0 Å². The van der Waals surface area contributed by atoms with E-state index in [0.29, 0.717) is 13.0 Å². The molecule has 0 aromatic rings. The SMILES string of the molecule is CC(N)CC1CN(C)C(=O)NC1=O. The number of imide groups is 1. The fraction of sp³-hybridized carbons (Fsp3) is 0.750. The molecule has 1 rings (SSSR count). The molecule has 0 saturated carbocycles. The van der Waals surface area contributed by atoms with Crippen molar-refractivity contribution in [3.05, 3.63) is 0 Å². The molecule has 13 heavy (non-hydrogen) atoms. The van der Waals surface area contributed by atoms with Gasteiger partial charge in [-0.2, -0.15) is 0 Å². The van der Waals surface area contributed by atoms with Crippen LogP contribution in [0.4, 0.5) is 4.79 Å². The van der Waals surface area contributed by atoms with Gasteiger partial charge >= 0.3 is 6.03 Å². The molecule has 5 heteroatoms. The average molecular weight is 185 g/mol.